The summed E-state index contributed by atoms with van der Waals surface area (Å²) in [5, 5.41) is 12.4. The zero-order valence-electron chi connectivity index (χ0n) is 20.8. The van der Waals surface area contributed by atoms with Crippen molar-refractivity contribution >= 4 is 21.9 Å². The highest BCUT2D eigenvalue weighted by molar-refractivity contribution is 7.85. The predicted octanol–water partition coefficient (Wildman–Crippen LogP) is 1.75. The third-order valence-corrected chi connectivity index (χ3v) is 7.85. The van der Waals surface area contributed by atoms with E-state index >= 15 is 0 Å². The van der Waals surface area contributed by atoms with Gasteiger partial charge in [0, 0.05) is 31.6 Å². The smallest absolute Gasteiger partial charge is 0.294 e. The molecule has 1 aliphatic carbocycles. The van der Waals surface area contributed by atoms with Crippen LogP contribution in [0.25, 0.3) is 0 Å². The number of ether oxygens (including phenoxy) is 1. The van der Waals surface area contributed by atoms with Gasteiger partial charge >= 0.3 is 0 Å². The fourth-order valence-electron chi connectivity index (χ4n) is 4.83. The van der Waals surface area contributed by atoms with E-state index in [-0.39, 0.29) is 28.7 Å². The number of nitriles is 1. The number of nitrogens with one attached hydrogen (secondary N) is 1. The van der Waals surface area contributed by atoms with Crippen LogP contribution in [0.5, 0.6) is 0 Å². The summed E-state index contributed by atoms with van der Waals surface area (Å²) in [5.41, 5.74) is 0.956. The molecule has 0 unspecified atom stereocenters. The number of morpholine rings is 1. The van der Waals surface area contributed by atoms with Gasteiger partial charge in [0.15, 0.2) is 0 Å². The highest BCUT2D eigenvalue weighted by Crippen LogP contribution is 2.26. The fraction of sp³-hybridized carbons (Fsp3) is 0.640. The van der Waals surface area contributed by atoms with Crippen LogP contribution in [-0.2, 0) is 24.4 Å². The third kappa shape index (κ3) is 8.00. The molecule has 2 N–H and O–H groups in total. The largest absolute Gasteiger partial charge is 0.378 e. The van der Waals surface area contributed by atoms with E-state index in [2.05, 4.69) is 11.4 Å². The molecule has 0 radical (unpaired) electrons. The van der Waals surface area contributed by atoms with E-state index < -0.39 is 10.1 Å². The van der Waals surface area contributed by atoms with Gasteiger partial charge in [0.1, 0.15) is 6.04 Å². The Kier molecular flexibility index (Phi) is 10.2. The van der Waals surface area contributed by atoms with Crippen LogP contribution >= 0.6 is 0 Å². The quantitative estimate of drug-likeness (QED) is 0.560. The van der Waals surface area contributed by atoms with Crippen LogP contribution in [0.15, 0.2) is 29.2 Å². The number of likely N-dealkylation sites (tertiary alicyclic amines) is 1. The van der Waals surface area contributed by atoms with Crippen molar-refractivity contribution in [1.82, 2.24) is 15.1 Å². The second-order valence-electron chi connectivity index (χ2n) is 9.53. The number of aryl methyl sites for hydroxylation is 1. The Balaban J connectivity index is 0.000000275. The number of hydrogen-bond acceptors (Lipinski definition) is 7. The Morgan fingerprint density at radius 3 is 2.31 bits per heavy atom. The summed E-state index contributed by atoms with van der Waals surface area (Å²) in [6, 6.07) is 8.24. The summed E-state index contributed by atoms with van der Waals surface area (Å²) in [6.07, 6.45) is 5.32. The highest BCUT2D eigenvalue weighted by atomic mass is 32.2. The number of rotatable bonds is 5. The van der Waals surface area contributed by atoms with E-state index in [1.807, 2.05) is 11.8 Å². The normalized spacial score (nSPS) is 24.4. The van der Waals surface area contributed by atoms with Crippen molar-refractivity contribution < 1.29 is 27.3 Å². The molecule has 2 amide bonds. The third-order valence-electron chi connectivity index (χ3n) is 6.98. The molecule has 4 rings (SSSR count). The van der Waals surface area contributed by atoms with Gasteiger partial charge in [0.2, 0.25) is 11.8 Å². The van der Waals surface area contributed by atoms with Gasteiger partial charge in [-0.2, -0.15) is 13.7 Å². The Morgan fingerprint density at radius 2 is 1.72 bits per heavy atom. The van der Waals surface area contributed by atoms with E-state index in [0.717, 1.165) is 44.1 Å². The van der Waals surface area contributed by atoms with Crippen LogP contribution in [0.1, 0.15) is 44.1 Å². The summed E-state index contributed by atoms with van der Waals surface area (Å²) >= 11 is 0. The lowest BCUT2D eigenvalue weighted by atomic mass is 9.85. The fourth-order valence-corrected chi connectivity index (χ4v) is 5.31. The lowest BCUT2D eigenvalue weighted by Crippen LogP contribution is -2.47. The minimum atomic E-state index is -4.02. The number of carbonyl (C=O) groups is 2. The number of nitrogens with zero attached hydrogens (tertiary/aromatic N) is 3. The monoisotopic (exact) mass is 520 g/mol. The van der Waals surface area contributed by atoms with Crippen molar-refractivity contribution in [1.29, 1.82) is 5.26 Å². The summed E-state index contributed by atoms with van der Waals surface area (Å²) < 4.78 is 34.9. The Labute approximate surface area is 213 Å². The van der Waals surface area contributed by atoms with Crippen molar-refractivity contribution in [2.24, 2.45) is 5.92 Å². The van der Waals surface area contributed by atoms with Gasteiger partial charge in [0.05, 0.1) is 30.7 Å². The zero-order chi connectivity index (χ0) is 26.1. The van der Waals surface area contributed by atoms with Crippen LogP contribution in [0.2, 0.25) is 0 Å². The summed E-state index contributed by atoms with van der Waals surface area (Å²) in [7, 11) is -4.02. The van der Waals surface area contributed by atoms with Crippen molar-refractivity contribution in [3.63, 3.8) is 0 Å². The van der Waals surface area contributed by atoms with Crippen LogP contribution in [0.3, 0.4) is 0 Å². The van der Waals surface area contributed by atoms with Gasteiger partial charge in [-0.1, -0.05) is 17.7 Å². The van der Waals surface area contributed by atoms with Crippen LogP contribution in [-0.4, -0.2) is 86.1 Å². The lowest BCUT2D eigenvalue weighted by Gasteiger charge is -2.34. The molecular weight excluding hydrogens is 484 g/mol. The molecule has 3 aliphatic rings. The molecule has 2 heterocycles. The minimum absolute atomic E-state index is 0.0237. The first kappa shape index (κ1) is 28.1. The van der Waals surface area contributed by atoms with Gasteiger partial charge < -0.3 is 19.9 Å². The van der Waals surface area contributed by atoms with Crippen molar-refractivity contribution in [2.75, 3.05) is 39.4 Å². The van der Waals surface area contributed by atoms with Crippen molar-refractivity contribution in [3.8, 4) is 6.07 Å². The number of carbonyl (C=O) groups excluding carboxylic acids is 2. The zero-order valence-corrected chi connectivity index (χ0v) is 21.6. The molecule has 1 aromatic carbocycles. The molecule has 3 fully saturated rings. The minimum Gasteiger partial charge on any atom is -0.378 e. The van der Waals surface area contributed by atoms with E-state index in [1.165, 1.54) is 12.1 Å². The molecule has 0 aromatic heterocycles. The maximum atomic E-state index is 12.5. The lowest BCUT2D eigenvalue weighted by molar-refractivity contribution is -0.141. The standard InChI is InChI=1S/C18H28N4O3.C7H8O3S/c19-12-16-2-1-7-22(16)17(23)13-20-15-5-3-14(4-6-15)18(24)21-8-10-25-11-9-21;1-6-2-4-7(5-3-6)11(8,9)10/h14-16,20H,1-11,13H2;2-5H,1H3,(H,8,9,10)/t14?,15?,16-;/m0./s1. The van der Waals surface area contributed by atoms with E-state index in [9.17, 15) is 18.0 Å². The molecule has 2 saturated heterocycles. The molecule has 1 atom stereocenters. The SMILES string of the molecule is Cc1ccc(S(=O)(=O)O)cc1.N#C[C@@H]1CCCN1C(=O)CNC1CCC(C(=O)N2CCOCC2)CC1. The Bertz CT molecular complexity index is 1030. The maximum Gasteiger partial charge on any atom is 0.294 e. The number of amides is 2. The Hall–Kier alpha value is -2.52. The van der Waals surface area contributed by atoms with E-state index in [4.69, 9.17) is 14.6 Å². The van der Waals surface area contributed by atoms with Gasteiger partial charge in [0.25, 0.3) is 10.1 Å². The van der Waals surface area contributed by atoms with Crippen molar-refractivity contribution in [3.05, 3.63) is 29.8 Å². The first-order valence-corrected chi connectivity index (χ1v) is 14.0. The average Bonchev–Trinajstić information content (AvgIpc) is 3.37. The number of hydrogen-bond donors (Lipinski definition) is 2. The molecule has 10 nitrogen and oxygen atoms in total. The first-order chi connectivity index (χ1) is 17.2. The molecule has 0 bridgehead atoms. The van der Waals surface area contributed by atoms with Crippen LogP contribution in [0, 0.1) is 24.2 Å². The molecule has 1 aromatic rings. The van der Waals surface area contributed by atoms with E-state index in [0.29, 0.717) is 45.4 Å². The summed E-state index contributed by atoms with van der Waals surface area (Å²) in [4.78, 5) is 28.4. The first-order valence-electron chi connectivity index (χ1n) is 12.5. The molecule has 2 aliphatic heterocycles. The van der Waals surface area contributed by atoms with Gasteiger partial charge in [-0.3, -0.25) is 14.1 Å². The highest BCUT2D eigenvalue weighted by Gasteiger charge is 2.32. The summed E-state index contributed by atoms with van der Waals surface area (Å²) in [6.45, 7) is 5.54. The second-order valence-corrected chi connectivity index (χ2v) is 11.0. The molecule has 36 heavy (non-hydrogen) atoms. The van der Waals surface area contributed by atoms with Gasteiger partial charge in [-0.15, -0.1) is 0 Å². The topological polar surface area (TPSA) is 140 Å². The molecule has 198 valence electrons. The maximum absolute atomic E-state index is 12.5. The molecular formula is C25H36N4O6S. The van der Waals surface area contributed by atoms with Gasteiger partial charge in [-0.05, 0) is 57.6 Å². The molecule has 11 heteroatoms. The van der Waals surface area contributed by atoms with E-state index in [1.54, 1.807) is 17.0 Å². The molecule has 0 spiro atoms. The Morgan fingerprint density at radius 1 is 1.08 bits per heavy atom. The second kappa shape index (κ2) is 13.1. The summed E-state index contributed by atoms with van der Waals surface area (Å²) in [5.74, 6) is 0.413. The van der Waals surface area contributed by atoms with Crippen LogP contribution < -0.4 is 5.32 Å². The average molecular weight is 521 g/mol. The molecule has 1 saturated carbocycles. The predicted molar refractivity (Wildman–Crippen MR) is 132 cm³/mol. The van der Waals surface area contributed by atoms with Crippen LogP contribution in [0.4, 0.5) is 0 Å². The number of benzene rings is 1. The van der Waals surface area contributed by atoms with Crippen molar-refractivity contribution in [2.45, 2.75) is 62.4 Å². The van der Waals surface area contributed by atoms with Gasteiger partial charge in [-0.25, -0.2) is 0 Å².